The fraction of sp³-hybridized carbons (Fsp3) is 0.273. The van der Waals surface area contributed by atoms with Gasteiger partial charge in [-0.25, -0.2) is 4.39 Å². The van der Waals surface area contributed by atoms with Crippen LogP contribution in [0.25, 0.3) is 0 Å². The zero-order valence-corrected chi connectivity index (χ0v) is 9.21. The molecule has 2 unspecified atom stereocenters. The predicted octanol–water partition coefficient (Wildman–Crippen LogP) is -0.387. The number of hydrogen-bond acceptors (Lipinski definition) is 5. The lowest BCUT2D eigenvalue weighted by Gasteiger charge is -2.17. The normalized spacial score (nSPS) is 13.9. The van der Waals surface area contributed by atoms with Crippen LogP contribution in [0.2, 0.25) is 0 Å². The van der Waals surface area contributed by atoms with Gasteiger partial charge in [0.05, 0.1) is 18.1 Å². The second-order valence-corrected chi connectivity index (χ2v) is 3.74. The quantitative estimate of drug-likeness (QED) is 0.535. The lowest BCUT2D eigenvalue weighted by atomic mass is 9.99. The van der Waals surface area contributed by atoms with Gasteiger partial charge in [0.15, 0.2) is 17.9 Å². The predicted molar refractivity (Wildman–Crippen MR) is 58.2 cm³/mol. The van der Waals surface area contributed by atoms with E-state index in [-0.39, 0.29) is 17.4 Å². The second-order valence-electron chi connectivity index (χ2n) is 3.74. The first-order chi connectivity index (χ1) is 8.36. The fourth-order valence-corrected chi connectivity index (χ4v) is 1.44. The number of hydrogen-bond donors (Lipinski definition) is 4. The van der Waals surface area contributed by atoms with Crippen molar-refractivity contribution in [3.63, 3.8) is 0 Å². The van der Waals surface area contributed by atoms with E-state index >= 15 is 0 Å². The summed E-state index contributed by atoms with van der Waals surface area (Å²) in [6.07, 6.45) is -3.42. The van der Waals surface area contributed by atoms with Crippen molar-refractivity contribution in [1.29, 1.82) is 0 Å². The Morgan fingerprint density at radius 2 is 2.06 bits per heavy atom. The summed E-state index contributed by atoms with van der Waals surface area (Å²) in [7, 11) is 0. The van der Waals surface area contributed by atoms with Gasteiger partial charge in [0.2, 0.25) is 5.91 Å². The first-order valence-corrected chi connectivity index (χ1v) is 4.98. The summed E-state index contributed by atoms with van der Waals surface area (Å²) >= 11 is 0. The Morgan fingerprint density at radius 3 is 2.56 bits per heavy atom. The van der Waals surface area contributed by atoms with Gasteiger partial charge in [0, 0.05) is 0 Å². The number of aldehydes is 1. The number of phenols is 1. The minimum Gasteiger partial charge on any atom is -0.504 e. The van der Waals surface area contributed by atoms with E-state index in [0.717, 1.165) is 12.1 Å². The van der Waals surface area contributed by atoms with Gasteiger partial charge in [-0.2, -0.15) is 0 Å². The molecule has 0 saturated heterocycles. The molecule has 1 aromatic carbocycles. The molecule has 0 aliphatic heterocycles. The van der Waals surface area contributed by atoms with Crippen molar-refractivity contribution in [1.82, 2.24) is 0 Å². The molecule has 18 heavy (non-hydrogen) atoms. The van der Waals surface area contributed by atoms with E-state index < -0.39 is 36.1 Å². The number of carbonyl (C=O) groups excluding carboxylic acids is 2. The topological polar surface area (TPSA) is 121 Å². The number of amides is 1. The van der Waals surface area contributed by atoms with E-state index in [1.807, 2.05) is 0 Å². The van der Waals surface area contributed by atoms with Crippen LogP contribution in [0.5, 0.6) is 5.75 Å². The van der Waals surface area contributed by atoms with Gasteiger partial charge in [-0.3, -0.25) is 9.59 Å². The highest BCUT2D eigenvalue weighted by Crippen LogP contribution is 2.27. The molecule has 1 aromatic rings. The van der Waals surface area contributed by atoms with Crippen molar-refractivity contribution in [3.8, 4) is 5.75 Å². The molecular formula is C11H12FNO5. The highest BCUT2D eigenvalue weighted by molar-refractivity contribution is 5.79. The molecular weight excluding hydrogens is 245 g/mol. The number of benzene rings is 1. The molecule has 2 atom stereocenters. The molecule has 5 N–H and O–H groups in total. The monoisotopic (exact) mass is 257 g/mol. The first-order valence-electron chi connectivity index (χ1n) is 4.98. The molecule has 0 bridgehead atoms. The number of aromatic hydroxyl groups is 1. The summed E-state index contributed by atoms with van der Waals surface area (Å²) < 4.78 is 13.2. The average Bonchev–Trinajstić information content (AvgIpc) is 2.30. The van der Waals surface area contributed by atoms with Crippen LogP contribution >= 0.6 is 0 Å². The third-order valence-electron chi connectivity index (χ3n) is 2.36. The Morgan fingerprint density at radius 1 is 1.44 bits per heavy atom. The second kappa shape index (κ2) is 5.56. The van der Waals surface area contributed by atoms with Gasteiger partial charge in [-0.15, -0.1) is 0 Å². The van der Waals surface area contributed by atoms with Crippen molar-refractivity contribution >= 4 is 12.2 Å². The zero-order chi connectivity index (χ0) is 13.9. The van der Waals surface area contributed by atoms with Crippen molar-refractivity contribution in [2.75, 3.05) is 0 Å². The number of carbonyl (C=O) groups is 2. The van der Waals surface area contributed by atoms with Crippen LogP contribution in [0.4, 0.5) is 4.39 Å². The highest BCUT2D eigenvalue weighted by atomic mass is 19.1. The lowest BCUT2D eigenvalue weighted by Crippen LogP contribution is -2.25. The minimum absolute atomic E-state index is 0.138. The Bertz CT molecular complexity index is 477. The molecule has 1 rings (SSSR count). The summed E-state index contributed by atoms with van der Waals surface area (Å²) in [5.41, 5.74) is 4.34. The van der Waals surface area contributed by atoms with Crippen LogP contribution in [0.15, 0.2) is 12.1 Å². The summed E-state index contributed by atoms with van der Waals surface area (Å²) in [6.45, 7) is 0. The van der Waals surface area contributed by atoms with Crippen molar-refractivity contribution in [3.05, 3.63) is 29.1 Å². The van der Waals surface area contributed by atoms with E-state index in [2.05, 4.69) is 0 Å². The van der Waals surface area contributed by atoms with Crippen LogP contribution in [0.3, 0.4) is 0 Å². The van der Waals surface area contributed by atoms with Gasteiger partial charge < -0.3 is 21.1 Å². The van der Waals surface area contributed by atoms with E-state index in [0.29, 0.717) is 0 Å². The number of nitrogens with two attached hydrogens (primary N) is 1. The van der Waals surface area contributed by atoms with Gasteiger partial charge in [-0.1, -0.05) is 0 Å². The van der Waals surface area contributed by atoms with Crippen LogP contribution in [-0.2, 0) is 4.79 Å². The highest BCUT2D eigenvalue weighted by Gasteiger charge is 2.22. The summed E-state index contributed by atoms with van der Waals surface area (Å²) in [5, 5.41) is 28.3. The Hall–Kier alpha value is -1.99. The number of halogens is 1. The summed E-state index contributed by atoms with van der Waals surface area (Å²) in [4.78, 5) is 21.1. The van der Waals surface area contributed by atoms with Crippen LogP contribution in [-0.4, -0.2) is 33.6 Å². The molecule has 0 saturated carbocycles. The Labute approximate surface area is 101 Å². The molecule has 1 amide bonds. The molecule has 0 fully saturated rings. The molecule has 0 spiro atoms. The number of aliphatic hydroxyl groups is 2. The van der Waals surface area contributed by atoms with E-state index in [9.17, 15) is 24.2 Å². The molecule has 0 aromatic heterocycles. The standard InChI is InChI=1S/C11H12FNO5/c12-7-2-5(1-6(4-14)10(7)17)11(18)8(15)3-9(13)16/h1-2,4,8,11,15,17-18H,3H2,(H2,13,16). The number of phenolic OH excluding ortho intramolecular Hbond substituents is 1. The maximum Gasteiger partial charge on any atom is 0.220 e. The average molecular weight is 257 g/mol. The maximum absolute atomic E-state index is 13.2. The van der Waals surface area contributed by atoms with Crippen LogP contribution in [0.1, 0.15) is 28.4 Å². The van der Waals surface area contributed by atoms with Gasteiger partial charge in [0.1, 0.15) is 6.10 Å². The third kappa shape index (κ3) is 3.02. The smallest absolute Gasteiger partial charge is 0.220 e. The number of primary amides is 1. The molecule has 98 valence electrons. The molecule has 7 heteroatoms. The molecule has 0 aliphatic rings. The maximum atomic E-state index is 13.2. The zero-order valence-electron chi connectivity index (χ0n) is 9.21. The third-order valence-corrected chi connectivity index (χ3v) is 2.36. The largest absolute Gasteiger partial charge is 0.504 e. The van der Waals surface area contributed by atoms with Gasteiger partial charge in [0.25, 0.3) is 0 Å². The van der Waals surface area contributed by atoms with Crippen molar-refractivity contribution in [2.24, 2.45) is 5.73 Å². The molecule has 0 aliphatic carbocycles. The van der Waals surface area contributed by atoms with E-state index in [1.165, 1.54) is 0 Å². The molecule has 0 heterocycles. The van der Waals surface area contributed by atoms with Gasteiger partial charge in [-0.05, 0) is 17.7 Å². The SMILES string of the molecule is NC(=O)CC(O)C(O)c1cc(F)c(O)c(C=O)c1. The number of aliphatic hydroxyl groups excluding tert-OH is 2. The molecule has 6 nitrogen and oxygen atoms in total. The van der Waals surface area contributed by atoms with E-state index in [1.54, 1.807) is 0 Å². The molecule has 0 radical (unpaired) electrons. The van der Waals surface area contributed by atoms with Crippen molar-refractivity contribution in [2.45, 2.75) is 18.6 Å². The number of rotatable bonds is 5. The van der Waals surface area contributed by atoms with Crippen LogP contribution < -0.4 is 5.73 Å². The lowest BCUT2D eigenvalue weighted by molar-refractivity contribution is -0.121. The first kappa shape index (κ1) is 14.1. The van der Waals surface area contributed by atoms with Gasteiger partial charge >= 0.3 is 0 Å². The van der Waals surface area contributed by atoms with E-state index in [4.69, 9.17) is 10.8 Å². The Kier molecular flexibility index (Phi) is 4.35. The summed E-state index contributed by atoms with van der Waals surface area (Å²) in [5.74, 6) is -2.79. The minimum atomic E-state index is -1.59. The Balaban J connectivity index is 3.06. The van der Waals surface area contributed by atoms with Crippen LogP contribution in [0, 0.1) is 5.82 Å². The van der Waals surface area contributed by atoms with Crippen molar-refractivity contribution < 1.29 is 29.3 Å². The fourth-order valence-electron chi connectivity index (χ4n) is 1.44. The summed E-state index contributed by atoms with van der Waals surface area (Å²) in [6, 6.07) is 1.78.